The number of carbonyl (C=O) groups is 2. The Kier molecular flexibility index (Phi) is 3.21. The number of hydrogen-bond donors (Lipinski definition) is 2. The van der Waals surface area contributed by atoms with Crippen LogP contribution in [0.2, 0.25) is 0 Å². The molecule has 1 rings (SSSR count). The maximum absolute atomic E-state index is 11.5. The molecule has 0 fully saturated rings. The fourth-order valence-electron chi connectivity index (χ4n) is 0.753. The summed E-state index contributed by atoms with van der Waals surface area (Å²) in [6, 6.07) is 0. The molecule has 0 spiro atoms. The van der Waals surface area contributed by atoms with Crippen LogP contribution in [0.5, 0.6) is 0 Å². The highest BCUT2D eigenvalue weighted by Gasteiger charge is 2.22. The molecule has 0 aliphatic rings. The van der Waals surface area contributed by atoms with Crippen LogP contribution in [-0.2, 0) is 4.79 Å². The highest BCUT2D eigenvalue weighted by atomic mass is 32.1. The van der Waals surface area contributed by atoms with Crippen LogP contribution in [0.15, 0.2) is 6.20 Å². The summed E-state index contributed by atoms with van der Waals surface area (Å²) >= 11 is 1.14. The third-order valence-corrected chi connectivity index (χ3v) is 2.67. The van der Waals surface area contributed by atoms with E-state index in [1.165, 1.54) is 13.1 Å². The van der Waals surface area contributed by atoms with E-state index in [2.05, 4.69) is 10.3 Å². The van der Waals surface area contributed by atoms with Crippen LogP contribution in [0.25, 0.3) is 0 Å². The number of carbonyl (C=O) groups excluding carboxylic acids is 2. The van der Waals surface area contributed by atoms with Gasteiger partial charge >= 0.3 is 0 Å². The summed E-state index contributed by atoms with van der Waals surface area (Å²) in [5.41, 5.74) is 4.64. The Bertz CT molecular complexity index is 392. The summed E-state index contributed by atoms with van der Waals surface area (Å²) < 4.78 is 0. The first-order valence-corrected chi connectivity index (χ1v) is 5.19. The van der Waals surface area contributed by atoms with E-state index in [1.807, 2.05) is 0 Å². The van der Waals surface area contributed by atoms with Gasteiger partial charge in [0.25, 0.3) is 0 Å². The van der Waals surface area contributed by atoms with Crippen LogP contribution in [0.3, 0.4) is 0 Å². The highest BCUT2D eigenvalue weighted by molar-refractivity contribution is 7.17. The lowest BCUT2D eigenvalue weighted by Gasteiger charge is -2.16. The van der Waals surface area contributed by atoms with Crippen molar-refractivity contribution in [2.75, 3.05) is 5.32 Å². The number of nitrogens with two attached hydrogens (primary N) is 1. The van der Waals surface area contributed by atoms with Gasteiger partial charge in [-0.2, -0.15) is 0 Å². The van der Waals surface area contributed by atoms with E-state index >= 15 is 0 Å². The molecule has 1 aromatic rings. The first-order chi connectivity index (χ1) is 6.80. The van der Waals surface area contributed by atoms with Crippen LogP contribution in [0.4, 0.5) is 5.13 Å². The van der Waals surface area contributed by atoms with Crippen LogP contribution in [-0.4, -0.2) is 22.2 Å². The van der Waals surface area contributed by atoms with Crippen LogP contribution < -0.4 is 11.1 Å². The molecule has 15 heavy (non-hydrogen) atoms. The van der Waals surface area contributed by atoms with Gasteiger partial charge in [0, 0.05) is 6.92 Å². The van der Waals surface area contributed by atoms with E-state index in [0.717, 1.165) is 11.3 Å². The van der Waals surface area contributed by atoms with Crippen molar-refractivity contribution < 1.29 is 9.59 Å². The Balaban J connectivity index is 2.74. The number of nitrogens with one attached hydrogen (secondary N) is 1. The summed E-state index contributed by atoms with van der Waals surface area (Å²) in [4.78, 5) is 26.8. The van der Waals surface area contributed by atoms with Gasteiger partial charge in [0.15, 0.2) is 10.9 Å². The van der Waals surface area contributed by atoms with Gasteiger partial charge in [-0.05, 0) is 13.8 Å². The summed E-state index contributed by atoms with van der Waals surface area (Å²) in [6.45, 7) is 4.65. The molecule has 0 radical (unpaired) electrons. The molecule has 6 heteroatoms. The first kappa shape index (κ1) is 11.8. The fraction of sp³-hybridized carbons (Fsp3) is 0.444. The van der Waals surface area contributed by atoms with Crippen molar-refractivity contribution >= 4 is 28.2 Å². The molecule has 0 saturated heterocycles. The topological polar surface area (TPSA) is 85.1 Å². The van der Waals surface area contributed by atoms with Crippen LogP contribution in [0.1, 0.15) is 30.4 Å². The molecule has 1 amide bonds. The molecule has 5 nitrogen and oxygen atoms in total. The molecule has 0 bridgehead atoms. The molecule has 1 aromatic heterocycles. The molecule has 0 saturated carbocycles. The Morgan fingerprint density at radius 2 is 2.13 bits per heavy atom. The van der Waals surface area contributed by atoms with E-state index in [1.54, 1.807) is 13.8 Å². The molecular formula is C9H13N3O2S. The zero-order chi connectivity index (χ0) is 11.6. The number of nitrogens with zero attached hydrogens (tertiary/aromatic N) is 1. The third kappa shape index (κ3) is 3.10. The SMILES string of the molecule is CC(=O)c1cnc(NC(=O)C(C)(C)N)s1. The molecular weight excluding hydrogens is 214 g/mol. The van der Waals surface area contributed by atoms with Gasteiger partial charge in [0.2, 0.25) is 5.91 Å². The van der Waals surface area contributed by atoms with Crippen molar-refractivity contribution in [3.05, 3.63) is 11.1 Å². The zero-order valence-electron chi connectivity index (χ0n) is 8.83. The second-order valence-corrected chi connectivity index (χ2v) is 4.79. The average molecular weight is 227 g/mol. The van der Waals surface area contributed by atoms with E-state index in [0.29, 0.717) is 10.0 Å². The number of amides is 1. The smallest absolute Gasteiger partial charge is 0.245 e. The van der Waals surface area contributed by atoms with Crippen molar-refractivity contribution in [2.24, 2.45) is 5.73 Å². The lowest BCUT2D eigenvalue weighted by atomic mass is 10.1. The largest absolute Gasteiger partial charge is 0.318 e. The highest BCUT2D eigenvalue weighted by Crippen LogP contribution is 2.19. The molecule has 82 valence electrons. The van der Waals surface area contributed by atoms with Crippen LogP contribution >= 0.6 is 11.3 Å². The fourth-order valence-corrected chi connectivity index (χ4v) is 1.46. The number of ketones is 1. The van der Waals surface area contributed by atoms with Gasteiger partial charge in [-0.25, -0.2) is 4.98 Å². The predicted molar refractivity (Wildman–Crippen MR) is 59.0 cm³/mol. The molecule has 0 unspecified atom stereocenters. The molecule has 3 N–H and O–H groups in total. The minimum Gasteiger partial charge on any atom is -0.318 e. The Hall–Kier alpha value is -1.27. The average Bonchev–Trinajstić information content (AvgIpc) is 2.50. The molecule has 0 atom stereocenters. The summed E-state index contributed by atoms with van der Waals surface area (Å²) in [5, 5.41) is 2.94. The standard InChI is InChI=1S/C9H13N3O2S/c1-5(13)6-4-11-8(15-6)12-7(14)9(2,3)10/h4H,10H2,1-3H3,(H,11,12,14). The summed E-state index contributed by atoms with van der Waals surface area (Å²) in [7, 11) is 0. The number of Topliss-reactive ketones (excluding diaryl/α,β-unsaturated/α-hetero) is 1. The zero-order valence-corrected chi connectivity index (χ0v) is 9.64. The quantitative estimate of drug-likeness (QED) is 0.755. The number of rotatable bonds is 3. The van der Waals surface area contributed by atoms with Crippen molar-refractivity contribution in [3.63, 3.8) is 0 Å². The van der Waals surface area contributed by atoms with Crippen LogP contribution in [0, 0.1) is 0 Å². The van der Waals surface area contributed by atoms with Crippen molar-refractivity contribution in [2.45, 2.75) is 26.3 Å². The maximum Gasteiger partial charge on any atom is 0.245 e. The minimum absolute atomic E-state index is 0.0694. The van der Waals surface area contributed by atoms with E-state index < -0.39 is 5.54 Å². The van der Waals surface area contributed by atoms with E-state index in [-0.39, 0.29) is 11.7 Å². The Morgan fingerprint density at radius 1 is 1.53 bits per heavy atom. The summed E-state index contributed by atoms with van der Waals surface area (Å²) in [6.07, 6.45) is 1.44. The van der Waals surface area contributed by atoms with E-state index in [4.69, 9.17) is 5.73 Å². The van der Waals surface area contributed by atoms with Gasteiger partial charge in [-0.3, -0.25) is 9.59 Å². The van der Waals surface area contributed by atoms with Crippen molar-refractivity contribution in [1.82, 2.24) is 4.98 Å². The minimum atomic E-state index is -0.956. The second kappa shape index (κ2) is 4.08. The monoisotopic (exact) mass is 227 g/mol. The first-order valence-electron chi connectivity index (χ1n) is 4.38. The lowest BCUT2D eigenvalue weighted by molar-refractivity contribution is -0.120. The van der Waals surface area contributed by atoms with Crippen molar-refractivity contribution in [1.29, 1.82) is 0 Å². The lowest BCUT2D eigenvalue weighted by Crippen LogP contribution is -2.45. The van der Waals surface area contributed by atoms with Gasteiger partial charge in [-0.1, -0.05) is 11.3 Å². The Morgan fingerprint density at radius 3 is 2.53 bits per heavy atom. The normalized spacial score (nSPS) is 11.2. The molecule has 1 heterocycles. The van der Waals surface area contributed by atoms with Gasteiger partial charge < -0.3 is 11.1 Å². The van der Waals surface area contributed by atoms with E-state index in [9.17, 15) is 9.59 Å². The van der Waals surface area contributed by atoms with Gasteiger partial charge in [-0.15, -0.1) is 0 Å². The molecule has 0 aliphatic carbocycles. The summed E-state index contributed by atoms with van der Waals surface area (Å²) in [5.74, 6) is -0.396. The number of anilines is 1. The molecule has 0 aromatic carbocycles. The van der Waals surface area contributed by atoms with Crippen molar-refractivity contribution in [3.8, 4) is 0 Å². The number of thiazole rings is 1. The third-order valence-electron chi connectivity index (χ3n) is 1.66. The second-order valence-electron chi connectivity index (χ2n) is 3.76. The predicted octanol–water partition coefficient (Wildman–Crippen LogP) is 1.02. The van der Waals surface area contributed by atoms with Gasteiger partial charge in [0.1, 0.15) is 0 Å². The molecule has 0 aliphatic heterocycles. The number of hydrogen-bond acceptors (Lipinski definition) is 5. The maximum atomic E-state index is 11.5. The number of aromatic nitrogens is 1. The van der Waals surface area contributed by atoms with Gasteiger partial charge in [0.05, 0.1) is 16.6 Å². The Labute approximate surface area is 91.7 Å².